The van der Waals surface area contributed by atoms with Crippen molar-refractivity contribution < 1.29 is 9.90 Å². The fraction of sp³-hybridized carbons (Fsp3) is 0.684. The minimum absolute atomic E-state index is 0.0407. The molecule has 4 aliphatic rings. The molecule has 4 saturated carbocycles. The molecule has 3 unspecified atom stereocenters. The van der Waals surface area contributed by atoms with Crippen LogP contribution in [0.4, 0.5) is 0 Å². The van der Waals surface area contributed by atoms with E-state index in [2.05, 4.69) is 17.2 Å². The van der Waals surface area contributed by atoms with Crippen molar-refractivity contribution in [1.82, 2.24) is 10.3 Å². The van der Waals surface area contributed by atoms with Crippen LogP contribution in [0.5, 0.6) is 0 Å². The Balaban J connectivity index is 1.44. The van der Waals surface area contributed by atoms with E-state index >= 15 is 0 Å². The fourth-order valence-electron chi connectivity index (χ4n) is 5.90. The second kappa shape index (κ2) is 5.30. The number of rotatable bonds is 4. The van der Waals surface area contributed by atoms with Crippen molar-refractivity contribution in [3.05, 3.63) is 30.1 Å². The monoisotopic (exact) mass is 314 g/mol. The highest BCUT2D eigenvalue weighted by Gasteiger charge is 2.58. The van der Waals surface area contributed by atoms with E-state index in [0.29, 0.717) is 18.3 Å². The van der Waals surface area contributed by atoms with Gasteiger partial charge in [0.2, 0.25) is 5.91 Å². The number of amides is 1. The minimum atomic E-state index is -0.468. The molecule has 0 aromatic carbocycles. The number of pyridine rings is 1. The van der Waals surface area contributed by atoms with Gasteiger partial charge in [-0.1, -0.05) is 6.07 Å². The number of aliphatic hydroxyl groups is 1. The van der Waals surface area contributed by atoms with Gasteiger partial charge in [0.05, 0.1) is 12.0 Å². The van der Waals surface area contributed by atoms with Crippen LogP contribution in [0.15, 0.2) is 24.4 Å². The summed E-state index contributed by atoms with van der Waals surface area (Å²) in [5.41, 5.74) is 0.434. The van der Waals surface area contributed by atoms with E-state index in [9.17, 15) is 9.90 Å². The van der Waals surface area contributed by atoms with Crippen molar-refractivity contribution in [2.24, 2.45) is 17.3 Å². The first-order valence-electron chi connectivity index (χ1n) is 8.88. The predicted octanol–water partition coefficient (Wildman–Crippen LogP) is 2.46. The molecule has 1 heterocycles. The third kappa shape index (κ3) is 2.78. The van der Waals surface area contributed by atoms with Crippen molar-refractivity contribution in [3.63, 3.8) is 0 Å². The van der Waals surface area contributed by atoms with Crippen molar-refractivity contribution in [2.75, 3.05) is 0 Å². The quantitative estimate of drug-likeness (QED) is 0.897. The summed E-state index contributed by atoms with van der Waals surface area (Å²) < 4.78 is 0. The van der Waals surface area contributed by atoms with E-state index < -0.39 is 5.60 Å². The SMILES string of the molecule is CC(NC(=O)Cc1ccccn1)C12CC3CC(CC(O)(C3)C1)C2. The highest BCUT2D eigenvalue weighted by Crippen LogP contribution is 2.62. The molecular formula is C19H26N2O2. The van der Waals surface area contributed by atoms with Gasteiger partial charge in [0, 0.05) is 17.9 Å². The van der Waals surface area contributed by atoms with Gasteiger partial charge in [0.25, 0.3) is 0 Å². The third-order valence-corrected chi connectivity index (χ3v) is 6.44. The molecule has 0 saturated heterocycles. The van der Waals surface area contributed by atoms with Crippen LogP contribution in [-0.2, 0) is 11.2 Å². The molecule has 0 spiro atoms. The first-order chi connectivity index (χ1) is 11.0. The second-order valence-electron chi connectivity index (χ2n) is 8.33. The van der Waals surface area contributed by atoms with Crippen LogP contribution in [0.25, 0.3) is 0 Å². The number of nitrogens with one attached hydrogen (secondary N) is 1. The van der Waals surface area contributed by atoms with E-state index in [4.69, 9.17) is 0 Å². The average molecular weight is 314 g/mol. The van der Waals surface area contributed by atoms with Gasteiger partial charge in [0.15, 0.2) is 0 Å². The summed E-state index contributed by atoms with van der Waals surface area (Å²) in [5.74, 6) is 1.34. The van der Waals surface area contributed by atoms with Gasteiger partial charge in [-0.2, -0.15) is 0 Å². The Morgan fingerprint density at radius 1 is 1.35 bits per heavy atom. The molecule has 1 aromatic rings. The highest BCUT2D eigenvalue weighted by molar-refractivity contribution is 5.78. The molecule has 4 aliphatic carbocycles. The van der Waals surface area contributed by atoms with Crippen LogP contribution < -0.4 is 5.32 Å². The lowest BCUT2D eigenvalue weighted by atomic mass is 9.46. The largest absolute Gasteiger partial charge is 0.390 e. The Kier molecular flexibility index (Phi) is 3.49. The van der Waals surface area contributed by atoms with Gasteiger partial charge in [0.1, 0.15) is 0 Å². The van der Waals surface area contributed by atoms with Gasteiger partial charge in [-0.25, -0.2) is 0 Å². The lowest BCUT2D eigenvalue weighted by Gasteiger charge is -2.62. The molecule has 23 heavy (non-hydrogen) atoms. The number of hydrogen-bond donors (Lipinski definition) is 2. The maximum atomic E-state index is 12.4. The molecule has 0 radical (unpaired) electrons. The van der Waals surface area contributed by atoms with Crippen LogP contribution in [0.1, 0.15) is 51.1 Å². The maximum Gasteiger partial charge on any atom is 0.226 e. The lowest BCUT2D eigenvalue weighted by Crippen LogP contribution is -2.61. The summed E-state index contributed by atoms with van der Waals surface area (Å²) >= 11 is 0. The van der Waals surface area contributed by atoms with Gasteiger partial charge in [-0.3, -0.25) is 9.78 Å². The molecule has 3 atom stereocenters. The minimum Gasteiger partial charge on any atom is -0.390 e. The molecule has 4 bridgehead atoms. The molecule has 4 nitrogen and oxygen atoms in total. The van der Waals surface area contributed by atoms with Crippen LogP contribution in [-0.4, -0.2) is 27.6 Å². The molecule has 1 amide bonds. The predicted molar refractivity (Wildman–Crippen MR) is 87.6 cm³/mol. The van der Waals surface area contributed by atoms with Crippen LogP contribution in [0.3, 0.4) is 0 Å². The topological polar surface area (TPSA) is 62.2 Å². The Bertz CT molecular complexity index is 587. The van der Waals surface area contributed by atoms with Gasteiger partial charge in [-0.15, -0.1) is 0 Å². The Morgan fingerprint density at radius 2 is 2.09 bits per heavy atom. The molecule has 0 aliphatic heterocycles. The normalized spacial score (nSPS) is 39.2. The number of carbonyl (C=O) groups is 1. The summed E-state index contributed by atoms with van der Waals surface area (Å²) in [6.07, 6.45) is 8.46. The van der Waals surface area contributed by atoms with Crippen LogP contribution >= 0.6 is 0 Å². The molecule has 4 heteroatoms. The second-order valence-corrected chi connectivity index (χ2v) is 8.33. The number of nitrogens with zero attached hydrogens (tertiary/aromatic N) is 1. The zero-order valence-corrected chi connectivity index (χ0v) is 13.8. The maximum absolute atomic E-state index is 12.4. The molecule has 4 fully saturated rings. The van der Waals surface area contributed by atoms with E-state index in [0.717, 1.165) is 37.8 Å². The molecule has 5 rings (SSSR count). The number of aromatic nitrogens is 1. The fourth-order valence-corrected chi connectivity index (χ4v) is 5.90. The first-order valence-corrected chi connectivity index (χ1v) is 8.88. The highest BCUT2D eigenvalue weighted by atomic mass is 16.3. The summed E-state index contributed by atoms with van der Waals surface area (Å²) in [6.45, 7) is 2.13. The van der Waals surface area contributed by atoms with E-state index in [1.54, 1.807) is 6.20 Å². The van der Waals surface area contributed by atoms with Gasteiger partial charge >= 0.3 is 0 Å². The summed E-state index contributed by atoms with van der Waals surface area (Å²) in [6, 6.07) is 5.78. The molecular weight excluding hydrogens is 288 g/mol. The molecule has 124 valence electrons. The van der Waals surface area contributed by atoms with Crippen molar-refractivity contribution in [1.29, 1.82) is 0 Å². The standard InChI is InChI=1S/C19H26N2O2/c1-13(21-17(22)7-16-4-2-3-5-20-16)18-8-14-6-15(9-18)11-19(23,10-14)12-18/h2-5,13-15,23H,6-12H2,1H3,(H,21,22). The van der Waals surface area contributed by atoms with E-state index in [1.807, 2.05) is 18.2 Å². The van der Waals surface area contributed by atoms with Crippen LogP contribution in [0.2, 0.25) is 0 Å². The Labute approximate surface area is 137 Å². The summed E-state index contributed by atoms with van der Waals surface area (Å²) in [5, 5.41) is 14.1. The first kappa shape index (κ1) is 15.1. The van der Waals surface area contributed by atoms with E-state index in [-0.39, 0.29) is 17.4 Å². The zero-order valence-electron chi connectivity index (χ0n) is 13.8. The van der Waals surface area contributed by atoms with Crippen LogP contribution in [0, 0.1) is 17.3 Å². The summed E-state index contributed by atoms with van der Waals surface area (Å²) in [7, 11) is 0. The lowest BCUT2D eigenvalue weighted by molar-refractivity contribution is -0.173. The molecule has 2 N–H and O–H groups in total. The molecule has 1 aromatic heterocycles. The average Bonchev–Trinajstić information content (AvgIpc) is 2.45. The van der Waals surface area contributed by atoms with Gasteiger partial charge in [-0.05, 0) is 74.8 Å². The van der Waals surface area contributed by atoms with Gasteiger partial charge < -0.3 is 10.4 Å². The van der Waals surface area contributed by atoms with Crippen molar-refractivity contribution in [2.45, 2.75) is 63.5 Å². The number of carbonyl (C=O) groups excluding carboxylic acids is 1. The van der Waals surface area contributed by atoms with E-state index in [1.165, 1.54) is 6.42 Å². The zero-order chi connectivity index (χ0) is 16.1. The number of hydrogen-bond acceptors (Lipinski definition) is 3. The Hall–Kier alpha value is -1.42. The summed E-state index contributed by atoms with van der Waals surface area (Å²) in [4.78, 5) is 16.6. The Morgan fingerprint density at radius 3 is 2.70 bits per heavy atom. The smallest absolute Gasteiger partial charge is 0.226 e. The van der Waals surface area contributed by atoms with Crippen molar-refractivity contribution in [3.8, 4) is 0 Å². The van der Waals surface area contributed by atoms with Crippen molar-refractivity contribution >= 4 is 5.91 Å². The third-order valence-electron chi connectivity index (χ3n) is 6.44.